The molecule has 126 valence electrons. The van der Waals surface area contributed by atoms with E-state index in [9.17, 15) is 10.1 Å². The lowest BCUT2D eigenvalue weighted by molar-refractivity contribution is -0.414. The number of allylic oxidation sites excluding steroid dienone is 4. The van der Waals surface area contributed by atoms with Crippen LogP contribution in [0.4, 0.5) is 0 Å². The van der Waals surface area contributed by atoms with Crippen molar-refractivity contribution in [1.82, 2.24) is 9.55 Å². The first kappa shape index (κ1) is 18.8. The molecule has 0 saturated carbocycles. The molecule has 0 aliphatic heterocycles. The van der Waals surface area contributed by atoms with E-state index >= 15 is 0 Å². The zero-order chi connectivity index (χ0) is 17.6. The second kappa shape index (κ2) is 8.41. The summed E-state index contributed by atoms with van der Waals surface area (Å²) in [6.45, 7) is 11.6. The van der Waals surface area contributed by atoms with Gasteiger partial charge in [0.05, 0.1) is 4.92 Å². The number of nitrogens with zero attached hydrogens (tertiary/aromatic N) is 4. The van der Waals surface area contributed by atoms with Crippen molar-refractivity contribution in [2.24, 2.45) is 4.99 Å². The molecule has 0 aliphatic carbocycles. The highest BCUT2D eigenvalue weighted by atomic mass is 16.6. The van der Waals surface area contributed by atoms with Crippen LogP contribution >= 0.6 is 0 Å². The number of aryl methyl sites for hydroxylation is 1. The smallest absolute Gasteiger partial charge is 0.301 e. The third-order valence-corrected chi connectivity index (χ3v) is 3.95. The van der Waals surface area contributed by atoms with Crippen LogP contribution in [0.2, 0.25) is 0 Å². The van der Waals surface area contributed by atoms with E-state index in [1.807, 2.05) is 27.7 Å². The third-order valence-electron chi connectivity index (χ3n) is 3.95. The van der Waals surface area contributed by atoms with Crippen LogP contribution in [-0.4, -0.2) is 20.2 Å². The molecule has 6 nitrogen and oxygen atoms in total. The molecule has 0 radical (unpaired) electrons. The Morgan fingerprint density at radius 3 is 2.30 bits per heavy atom. The lowest BCUT2D eigenvalue weighted by Crippen LogP contribution is -2.16. The lowest BCUT2D eigenvalue weighted by atomic mass is 10.1. The molecule has 0 N–H and O–H groups in total. The summed E-state index contributed by atoms with van der Waals surface area (Å²) in [5, 5.41) is 11.7. The number of rotatable bonds is 7. The SMILES string of the molecule is CCC(=NC(CC)=C(C)CC)/C(=C(\C)n1ccnc1C)[N+](=O)[O-]. The zero-order valence-corrected chi connectivity index (χ0v) is 14.9. The molecule has 0 fully saturated rings. The first-order chi connectivity index (χ1) is 10.9. The van der Waals surface area contributed by atoms with E-state index in [0.717, 1.165) is 24.1 Å². The lowest BCUT2D eigenvalue weighted by Gasteiger charge is -2.10. The fourth-order valence-corrected chi connectivity index (χ4v) is 2.44. The Hall–Kier alpha value is -2.24. The van der Waals surface area contributed by atoms with Gasteiger partial charge < -0.3 is 4.57 Å². The fourth-order valence-electron chi connectivity index (χ4n) is 2.44. The van der Waals surface area contributed by atoms with E-state index in [1.54, 1.807) is 23.9 Å². The molecule has 0 amide bonds. The highest BCUT2D eigenvalue weighted by Gasteiger charge is 2.24. The van der Waals surface area contributed by atoms with Crippen molar-refractivity contribution in [1.29, 1.82) is 0 Å². The Morgan fingerprint density at radius 2 is 1.91 bits per heavy atom. The quantitative estimate of drug-likeness (QED) is 0.419. The largest absolute Gasteiger partial charge is 0.309 e. The van der Waals surface area contributed by atoms with Gasteiger partial charge in [-0.3, -0.25) is 15.1 Å². The zero-order valence-electron chi connectivity index (χ0n) is 14.9. The number of imidazole rings is 1. The predicted molar refractivity (Wildman–Crippen MR) is 93.9 cm³/mol. The van der Waals surface area contributed by atoms with Crippen molar-refractivity contribution in [3.63, 3.8) is 0 Å². The first-order valence-electron chi connectivity index (χ1n) is 7.99. The maximum Gasteiger partial charge on any atom is 0.309 e. The Kier molecular flexibility index (Phi) is 6.88. The summed E-state index contributed by atoms with van der Waals surface area (Å²) in [6.07, 6.45) is 5.52. The molecule has 1 aromatic rings. The molecule has 23 heavy (non-hydrogen) atoms. The Labute approximate surface area is 137 Å². The molecule has 6 heteroatoms. The minimum absolute atomic E-state index is 0.0588. The van der Waals surface area contributed by atoms with Gasteiger partial charge in [-0.1, -0.05) is 26.3 Å². The molecule has 1 heterocycles. The van der Waals surface area contributed by atoms with Crippen LogP contribution in [0.15, 0.2) is 34.4 Å². The summed E-state index contributed by atoms with van der Waals surface area (Å²) in [7, 11) is 0. The molecule has 0 saturated heterocycles. The van der Waals surface area contributed by atoms with Crippen molar-refractivity contribution in [3.05, 3.63) is 45.3 Å². The highest BCUT2D eigenvalue weighted by molar-refractivity contribution is 6.02. The maximum atomic E-state index is 11.7. The van der Waals surface area contributed by atoms with Gasteiger partial charge in [0, 0.05) is 18.1 Å². The standard InChI is InChI=1S/C17H26N4O2/c1-7-12(4)15(8-2)19-16(9-3)17(21(22)23)13(5)20-11-10-18-14(20)6/h10-11H,7-9H2,1-6H3/b15-12?,17-13-,19-16?. The van der Waals surface area contributed by atoms with Crippen LogP contribution in [0.3, 0.4) is 0 Å². The number of aromatic nitrogens is 2. The Morgan fingerprint density at radius 1 is 1.26 bits per heavy atom. The van der Waals surface area contributed by atoms with E-state index in [0.29, 0.717) is 23.7 Å². The summed E-state index contributed by atoms with van der Waals surface area (Å²) >= 11 is 0. The van der Waals surface area contributed by atoms with Crippen LogP contribution in [-0.2, 0) is 0 Å². The third kappa shape index (κ3) is 4.37. The highest BCUT2D eigenvalue weighted by Crippen LogP contribution is 2.20. The summed E-state index contributed by atoms with van der Waals surface area (Å²) in [5.41, 5.74) is 3.19. The first-order valence-corrected chi connectivity index (χ1v) is 7.99. The molecule has 1 rings (SSSR count). The number of aliphatic imine (C=N–C) groups is 1. The van der Waals surface area contributed by atoms with E-state index < -0.39 is 0 Å². The molecule has 0 unspecified atom stereocenters. The van der Waals surface area contributed by atoms with Crippen LogP contribution in [0.5, 0.6) is 0 Å². The van der Waals surface area contributed by atoms with Gasteiger partial charge in [0.25, 0.3) is 0 Å². The monoisotopic (exact) mass is 318 g/mol. The van der Waals surface area contributed by atoms with Crippen molar-refractivity contribution < 1.29 is 4.92 Å². The van der Waals surface area contributed by atoms with Gasteiger partial charge in [0.1, 0.15) is 17.2 Å². The van der Waals surface area contributed by atoms with Crippen molar-refractivity contribution in [2.45, 2.75) is 60.8 Å². The van der Waals surface area contributed by atoms with E-state index in [4.69, 9.17) is 0 Å². The van der Waals surface area contributed by atoms with Crippen molar-refractivity contribution >= 4 is 11.4 Å². The van der Waals surface area contributed by atoms with Gasteiger partial charge in [0.2, 0.25) is 0 Å². The molecule has 0 spiro atoms. The van der Waals surface area contributed by atoms with E-state index in [-0.39, 0.29) is 10.6 Å². The number of nitro groups is 1. The van der Waals surface area contributed by atoms with Gasteiger partial charge in [0.15, 0.2) is 0 Å². The van der Waals surface area contributed by atoms with Crippen LogP contribution in [0.25, 0.3) is 5.70 Å². The number of hydrogen-bond donors (Lipinski definition) is 0. The van der Waals surface area contributed by atoms with Crippen LogP contribution < -0.4 is 0 Å². The normalized spacial score (nSPS) is 14.4. The average molecular weight is 318 g/mol. The molecular weight excluding hydrogens is 292 g/mol. The topological polar surface area (TPSA) is 73.3 Å². The van der Waals surface area contributed by atoms with Gasteiger partial charge in [-0.15, -0.1) is 0 Å². The molecule has 1 aromatic heterocycles. The van der Waals surface area contributed by atoms with Gasteiger partial charge in [-0.25, -0.2) is 4.98 Å². The minimum atomic E-state index is -0.342. The molecular formula is C17H26N4O2. The fraction of sp³-hybridized carbons (Fsp3) is 0.529. The van der Waals surface area contributed by atoms with Crippen molar-refractivity contribution in [3.8, 4) is 0 Å². The second-order valence-corrected chi connectivity index (χ2v) is 5.38. The van der Waals surface area contributed by atoms with Gasteiger partial charge >= 0.3 is 5.70 Å². The molecule has 0 aliphatic rings. The number of hydrogen-bond acceptors (Lipinski definition) is 4. The van der Waals surface area contributed by atoms with E-state index in [1.165, 1.54) is 0 Å². The summed E-state index contributed by atoms with van der Waals surface area (Å²) in [6, 6.07) is 0. The van der Waals surface area contributed by atoms with Crippen molar-refractivity contribution in [2.75, 3.05) is 0 Å². The maximum absolute atomic E-state index is 11.7. The summed E-state index contributed by atoms with van der Waals surface area (Å²) in [5.74, 6) is 0.716. The van der Waals surface area contributed by atoms with Crippen LogP contribution in [0.1, 0.15) is 59.7 Å². The Balaban J connectivity index is 3.55. The Bertz CT molecular complexity index is 666. The summed E-state index contributed by atoms with van der Waals surface area (Å²) < 4.78 is 1.73. The van der Waals surface area contributed by atoms with Crippen LogP contribution in [0, 0.1) is 17.0 Å². The molecule has 0 bridgehead atoms. The molecule has 0 aromatic carbocycles. The molecule has 0 atom stereocenters. The predicted octanol–water partition coefficient (Wildman–Crippen LogP) is 4.60. The minimum Gasteiger partial charge on any atom is -0.301 e. The van der Waals surface area contributed by atoms with Gasteiger partial charge in [-0.05, 0) is 40.0 Å². The van der Waals surface area contributed by atoms with E-state index in [2.05, 4.69) is 16.9 Å². The summed E-state index contributed by atoms with van der Waals surface area (Å²) in [4.78, 5) is 20.1. The average Bonchev–Trinajstić information content (AvgIpc) is 2.95. The van der Waals surface area contributed by atoms with Gasteiger partial charge in [-0.2, -0.15) is 0 Å². The second-order valence-electron chi connectivity index (χ2n) is 5.38.